The molecule has 0 aliphatic heterocycles. The van der Waals surface area contributed by atoms with Gasteiger partial charge < -0.3 is 25.2 Å². The number of aliphatic hydroxyl groups is 1. The molecule has 7 heteroatoms. The van der Waals surface area contributed by atoms with Crippen molar-refractivity contribution < 1.29 is 24.5 Å². The van der Waals surface area contributed by atoms with Crippen LogP contribution < -0.4 is 10.1 Å². The first-order valence-electron chi connectivity index (χ1n) is 10.1. The van der Waals surface area contributed by atoms with Gasteiger partial charge in [0.2, 0.25) is 0 Å². The van der Waals surface area contributed by atoms with Gasteiger partial charge in [0.1, 0.15) is 11.8 Å². The Bertz CT molecular complexity index is 793. The third-order valence-corrected chi connectivity index (χ3v) is 4.50. The fraction of sp³-hybridized carbons (Fsp3) is 0.391. The molecular weight excluding hydrogens is 384 g/mol. The van der Waals surface area contributed by atoms with Gasteiger partial charge in [-0.3, -0.25) is 0 Å². The number of nitrogens with one attached hydrogen (secondary N) is 1. The predicted octanol–water partition coefficient (Wildman–Crippen LogP) is 2.72. The van der Waals surface area contributed by atoms with Crippen LogP contribution in [0.2, 0.25) is 0 Å². The van der Waals surface area contributed by atoms with Crippen LogP contribution in [0, 0.1) is 0 Å². The van der Waals surface area contributed by atoms with Gasteiger partial charge >= 0.3 is 12.0 Å². The van der Waals surface area contributed by atoms with E-state index in [0.717, 1.165) is 11.1 Å². The summed E-state index contributed by atoms with van der Waals surface area (Å²) in [5, 5.41) is 21.4. The van der Waals surface area contributed by atoms with Crippen molar-refractivity contribution in [1.29, 1.82) is 0 Å². The molecule has 0 bridgehead atoms. The van der Waals surface area contributed by atoms with Crippen LogP contribution in [0.25, 0.3) is 0 Å². The maximum atomic E-state index is 12.7. The number of hydrogen-bond acceptors (Lipinski definition) is 4. The topological polar surface area (TPSA) is 99.1 Å². The first-order valence-corrected chi connectivity index (χ1v) is 10.1. The van der Waals surface area contributed by atoms with Crippen LogP contribution in [-0.2, 0) is 17.6 Å². The number of ether oxygens (including phenoxy) is 1. The maximum absolute atomic E-state index is 12.7. The van der Waals surface area contributed by atoms with Crippen molar-refractivity contribution in [1.82, 2.24) is 10.2 Å². The van der Waals surface area contributed by atoms with Crippen molar-refractivity contribution in [3.63, 3.8) is 0 Å². The van der Waals surface area contributed by atoms with Gasteiger partial charge in [0, 0.05) is 19.5 Å². The highest BCUT2D eigenvalue weighted by molar-refractivity contribution is 5.82. The van der Waals surface area contributed by atoms with Gasteiger partial charge in [0.05, 0.1) is 12.7 Å². The zero-order chi connectivity index (χ0) is 21.9. The lowest BCUT2D eigenvalue weighted by Gasteiger charge is -2.25. The second-order valence-electron chi connectivity index (χ2n) is 7.30. The molecule has 2 aromatic rings. The average molecular weight is 415 g/mol. The molecule has 2 amide bonds. The third-order valence-electron chi connectivity index (χ3n) is 4.50. The van der Waals surface area contributed by atoms with Gasteiger partial charge in [0.15, 0.2) is 0 Å². The van der Waals surface area contributed by atoms with Crippen LogP contribution in [-0.4, -0.2) is 59.0 Å². The Morgan fingerprint density at radius 3 is 2.23 bits per heavy atom. The zero-order valence-corrected chi connectivity index (χ0v) is 17.5. The van der Waals surface area contributed by atoms with Gasteiger partial charge in [-0.15, -0.1) is 0 Å². The minimum Gasteiger partial charge on any atom is -0.491 e. The molecule has 0 aromatic heterocycles. The average Bonchev–Trinajstić information content (AvgIpc) is 2.72. The van der Waals surface area contributed by atoms with Crippen LogP contribution in [0.4, 0.5) is 4.79 Å². The van der Waals surface area contributed by atoms with E-state index < -0.39 is 18.0 Å². The number of aliphatic carboxylic acids is 1. The number of carboxylic acid groups (broad SMARTS) is 1. The lowest BCUT2D eigenvalue weighted by molar-refractivity contribution is -0.139. The minimum absolute atomic E-state index is 0.0512. The van der Waals surface area contributed by atoms with Gasteiger partial charge in [-0.2, -0.15) is 0 Å². The summed E-state index contributed by atoms with van der Waals surface area (Å²) < 4.78 is 5.59. The van der Waals surface area contributed by atoms with Crippen LogP contribution in [0.15, 0.2) is 54.6 Å². The van der Waals surface area contributed by atoms with Crippen molar-refractivity contribution in [2.75, 3.05) is 19.7 Å². The monoisotopic (exact) mass is 414 g/mol. The number of rotatable bonds is 11. The number of nitrogens with zero attached hydrogens (tertiary/aromatic N) is 1. The Morgan fingerprint density at radius 1 is 1.00 bits per heavy atom. The zero-order valence-electron chi connectivity index (χ0n) is 17.5. The highest BCUT2D eigenvalue weighted by Gasteiger charge is 2.23. The summed E-state index contributed by atoms with van der Waals surface area (Å²) in [4.78, 5) is 25.8. The van der Waals surface area contributed by atoms with Gasteiger partial charge in [-0.25, -0.2) is 9.59 Å². The minimum atomic E-state index is -1.11. The van der Waals surface area contributed by atoms with Crippen LogP contribution in [0.5, 0.6) is 5.75 Å². The van der Waals surface area contributed by atoms with Crippen LogP contribution >= 0.6 is 0 Å². The number of hydrogen-bond donors (Lipinski definition) is 3. The summed E-state index contributed by atoms with van der Waals surface area (Å²) in [5.41, 5.74) is 1.84. The summed E-state index contributed by atoms with van der Waals surface area (Å²) in [6.07, 6.45) is 0.813. The van der Waals surface area contributed by atoms with E-state index in [0.29, 0.717) is 18.7 Å². The van der Waals surface area contributed by atoms with E-state index in [1.165, 1.54) is 4.90 Å². The Labute approximate surface area is 177 Å². The molecule has 0 radical (unpaired) electrons. The van der Waals surface area contributed by atoms with E-state index in [2.05, 4.69) is 5.32 Å². The number of amides is 2. The Balaban J connectivity index is 1.98. The molecule has 162 valence electrons. The number of benzene rings is 2. The van der Waals surface area contributed by atoms with Crippen molar-refractivity contribution >= 4 is 12.0 Å². The fourth-order valence-corrected chi connectivity index (χ4v) is 3.00. The molecule has 30 heavy (non-hydrogen) atoms. The normalized spacial score (nSPS) is 11.7. The molecule has 1 atom stereocenters. The summed E-state index contributed by atoms with van der Waals surface area (Å²) in [5.74, 6) is -0.405. The van der Waals surface area contributed by atoms with Crippen molar-refractivity contribution in [2.24, 2.45) is 0 Å². The van der Waals surface area contributed by atoms with Crippen molar-refractivity contribution in [3.05, 3.63) is 65.7 Å². The van der Waals surface area contributed by atoms with Gasteiger partial charge in [-0.1, -0.05) is 42.5 Å². The SMILES string of the molecule is CC(C)Oc1ccc(CC(NC(=O)N(CCO)CCc2ccccc2)C(=O)O)cc1. The number of urea groups is 1. The molecule has 0 heterocycles. The molecular formula is C23H30N2O5. The first-order chi connectivity index (χ1) is 14.4. The number of carboxylic acids is 1. The lowest BCUT2D eigenvalue weighted by atomic mass is 10.1. The predicted molar refractivity (Wildman–Crippen MR) is 115 cm³/mol. The summed E-state index contributed by atoms with van der Waals surface area (Å²) in [6, 6.07) is 15.3. The molecule has 0 saturated heterocycles. The molecule has 2 rings (SSSR count). The van der Waals surface area contributed by atoms with E-state index in [4.69, 9.17) is 4.74 Å². The molecule has 7 nitrogen and oxygen atoms in total. The lowest BCUT2D eigenvalue weighted by Crippen LogP contribution is -2.50. The maximum Gasteiger partial charge on any atom is 0.326 e. The van der Waals surface area contributed by atoms with Crippen LogP contribution in [0.3, 0.4) is 0 Å². The summed E-state index contributed by atoms with van der Waals surface area (Å²) in [6.45, 7) is 4.17. The van der Waals surface area contributed by atoms with Gasteiger partial charge in [-0.05, 0) is 43.5 Å². The van der Waals surface area contributed by atoms with E-state index in [-0.39, 0.29) is 25.7 Å². The second kappa shape index (κ2) is 11.8. The molecule has 0 spiro atoms. The van der Waals surface area contributed by atoms with E-state index >= 15 is 0 Å². The smallest absolute Gasteiger partial charge is 0.326 e. The number of aliphatic hydroxyl groups excluding tert-OH is 1. The van der Waals surface area contributed by atoms with E-state index in [9.17, 15) is 19.8 Å². The Morgan fingerprint density at radius 2 is 1.67 bits per heavy atom. The Kier molecular flexibility index (Phi) is 9.15. The quantitative estimate of drug-likeness (QED) is 0.525. The molecule has 0 aliphatic rings. The van der Waals surface area contributed by atoms with E-state index in [1.54, 1.807) is 24.3 Å². The molecule has 2 aromatic carbocycles. The van der Waals surface area contributed by atoms with Gasteiger partial charge in [0.25, 0.3) is 0 Å². The van der Waals surface area contributed by atoms with E-state index in [1.807, 2.05) is 44.2 Å². The summed E-state index contributed by atoms with van der Waals surface area (Å²) >= 11 is 0. The molecule has 3 N–H and O–H groups in total. The molecule has 0 saturated carbocycles. The van der Waals surface area contributed by atoms with Crippen LogP contribution in [0.1, 0.15) is 25.0 Å². The largest absolute Gasteiger partial charge is 0.491 e. The highest BCUT2D eigenvalue weighted by atomic mass is 16.5. The molecule has 0 fully saturated rings. The first kappa shape index (κ1) is 23.2. The molecule has 1 unspecified atom stereocenters. The van der Waals surface area contributed by atoms with Crippen molar-refractivity contribution in [2.45, 2.75) is 38.8 Å². The van der Waals surface area contributed by atoms with Crippen molar-refractivity contribution in [3.8, 4) is 5.75 Å². The number of carbonyl (C=O) groups is 2. The summed E-state index contributed by atoms with van der Waals surface area (Å²) in [7, 11) is 0. The second-order valence-corrected chi connectivity index (χ2v) is 7.30. The molecule has 0 aliphatic carbocycles. The fourth-order valence-electron chi connectivity index (χ4n) is 3.00. The highest BCUT2D eigenvalue weighted by Crippen LogP contribution is 2.15. The number of carbonyl (C=O) groups excluding carboxylic acids is 1. The Hall–Kier alpha value is -3.06. The standard InChI is InChI=1S/C23H30N2O5/c1-17(2)30-20-10-8-19(9-11-20)16-21(22(27)28)24-23(29)25(14-15-26)13-12-18-6-4-3-5-7-18/h3-11,17,21,26H,12-16H2,1-2H3,(H,24,29)(H,27,28). The third kappa shape index (κ3) is 7.75.